The van der Waals surface area contributed by atoms with Gasteiger partial charge in [0.1, 0.15) is 5.78 Å². The van der Waals surface area contributed by atoms with E-state index in [0.29, 0.717) is 36.3 Å². The molecule has 0 spiro atoms. The molecule has 35 heteroatoms. The first kappa shape index (κ1) is 135. The van der Waals surface area contributed by atoms with Gasteiger partial charge in [-0.1, -0.05) is 279 Å². The molecule has 3 N–H and O–H groups in total. The summed E-state index contributed by atoms with van der Waals surface area (Å²) in [6.45, 7) is 46.4. The standard InChI is InChI=1S/C21H24N3O.C21H27N3.C20H25N3.C17H19N.C10H16N3O2.C8H14N3O.C5H12N2.C3H6O.C2H3O.4CH4.B4.B3.4Y.2H2/c25-17-22-11-13-23(14-12-22)20-15-24(16-20)21(18-7-3-1-4-8-18)19-9-5-2-6-10-19;1-22-12-14-23(15-13-22)20-16-24(17-20)21(18-8-4-2-5-9-18)19-10-6-3-7-11-19;1-3-7-17(8-4-1)20(18-9-5-2-6-10-18)23-15-19(16-23)22-13-11-21-12-14-22;1-14-12-18(13-14)17(15-8-4-2-5-9-15)16-10-6-3-7-11-16;1-9(15)13-6-10(7-13)12-4-2-11(8-14)3-5-12;12-7-10-1-3-11(4-2-10)8-5-9-6-8;1-7-4-2-6-3-5-7;1-3(2)4;1-2-3;;;;;1-4(2)3;1-3-2;;;;;;/h1-10,20-21H,11-16H2;2-11,20-21H,12-17H2,1H3;1-10,19-21H,11-16H2;2-11,14,17H,12-13H2,1H3;10H,2-7H2,1H3;8-9H,1-6H2;6H,2-5H2,1H3;1-2H3;1H3;4*1H4;;;;;;;2*1H/q-1;;;;2*-1;;;-1;;;;;;;;;;;;/i;;;;;;;;;;;;;;;;;;;1+1D;1+1. The Kier molecular flexibility index (Phi) is 72.0. The van der Waals surface area contributed by atoms with Gasteiger partial charge in [-0.05, 0) is 78.4 Å². The molecule has 12 saturated heterocycles. The van der Waals surface area contributed by atoms with Gasteiger partial charge in [-0.3, -0.25) is 55.2 Å². The van der Waals surface area contributed by atoms with E-state index in [1.165, 1.54) is 163 Å². The number of carbonyl (C=O) groups is 2. The van der Waals surface area contributed by atoms with Gasteiger partial charge in [0.05, 0.1) is 24.2 Å². The van der Waals surface area contributed by atoms with Gasteiger partial charge in [-0.25, -0.2) is 0 Å². The molecule has 8 aromatic rings. The Morgan fingerprint density at radius 1 is 0.329 bits per heavy atom. The second kappa shape index (κ2) is 77.6. The smallest absolute Gasteiger partial charge is 0.219 e. The van der Waals surface area contributed by atoms with Crippen LogP contribution in [0.15, 0.2) is 243 Å². The summed E-state index contributed by atoms with van der Waals surface area (Å²) in [6.07, 6.45) is 6.71. The number of likely N-dealkylation sites (tertiary alicyclic amines) is 5. The van der Waals surface area contributed by atoms with Crippen molar-refractivity contribution in [2.45, 2.75) is 119 Å². The van der Waals surface area contributed by atoms with Crippen LogP contribution in [-0.2, 0) is 160 Å². The van der Waals surface area contributed by atoms with Crippen molar-refractivity contribution in [2.24, 2.45) is 5.92 Å². The van der Waals surface area contributed by atoms with E-state index < -0.39 is 6.39 Å². The van der Waals surface area contributed by atoms with Crippen molar-refractivity contribution in [2.75, 3.05) is 250 Å². The third kappa shape index (κ3) is 46.5. The Bertz CT molecular complexity index is 4490. The first-order chi connectivity index (χ1) is 68.2. The molecule has 773 valence electrons. The second-order valence-electron chi connectivity index (χ2n) is 37.6. The van der Waals surface area contributed by atoms with Crippen LogP contribution < -0.4 is 16.0 Å². The maximum atomic E-state index is 11.0. The SMILES string of the molecule is C.C.C.C.CC(=O)N1CC(N2CCN([C-]=O)CC2)C1.CC(C)=O.CC1CN(C(c2ccccc2)c2ccccc2)C1.CN1CCN(C2CN(C(c3ccccc3)c3ccccc3)C2)CC1.CN1CCNCC1.C[C-]=O.O=[C-]N1CCN(C2CN(C(c3ccccc3)c3ccccc3)C2)CC1.O=[C-]N1CCN(C2CNC2)CC1.[2HH].[2H][2H].[B]B([B])[B].[B][B][B].[Y].[Y].[Y].[Y].c1ccc(C(c2ccccc2)N2CC(N3CCNCC3)C2)cc1. The van der Waals surface area contributed by atoms with Crippen LogP contribution in [0.4, 0.5) is 0 Å². The normalized spacial score (nSPS) is 18.6. The maximum Gasteiger partial charge on any atom is 0.219 e. The number of nitrogens with one attached hydrogen (secondary N) is 3. The summed E-state index contributed by atoms with van der Waals surface area (Å²) in [5.41, 5.74) is 11.1. The van der Waals surface area contributed by atoms with Crippen LogP contribution in [0.1, 0.15) is 137 Å². The fourth-order valence-electron chi connectivity index (χ4n) is 19.3. The summed E-state index contributed by atoms with van der Waals surface area (Å²) in [5.74, 6) is 1.16. The van der Waals surface area contributed by atoms with Gasteiger partial charge in [0.2, 0.25) is 5.91 Å². The molecule has 12 heterocycles. The number of hydrogen-bond donors (Lipinski definition) is 3. The summed E-state index contributed by atoms with van der Waals surface area (Å²) in [7, 11) is 28.4. The average Bonchev–Trinajstić information content (AvgIpc) is 0.784. The zero-order valence-corrected chi connectivity index (χ0v) is 96.7. The van der Waals surface area contributed by atoms with Gasteiger partial charge in [-0.2, -0.15) is 26.2 Å². The summed E-state index contributed by atoms with van der Waals surface area (Å²) >= 11 is 0. The predicted molar refractivity (Wildman–Crippen MR) is 598 cm³/mol. The molecule has 0 bridgehead atoms. The molecule has 15 radical (unpaired) electrons. The number of piperazine rings is 6. The minimum Gasteiger partial charge on any atom is -0.542 e. The molecular weight excluding hydrogens is 2110 g/mol. The van der Waals surface area contributed by atoms with E-state index in [9.17, 15) is 24.0 Å². The quantitative estimate of drug-likeness (QED) is 0.0484. The third-order valence-corrected chi connectivity index (χ3v) is 27.2. The molecule has 12 fully saturated rings. The van der Waals surface area contributed by atoms with E-state index in [1.807, 2.05) is 24.1 Å². The van der Waals surface area contributed by atoms with Crippen LogP contribution >= 0.6 is 0 Å². The molecule has 0 saturated carbocycles. The Labute approximate surface area is 993 Å². The van der Waals surface area contributed by atoms with Crippen LogP contribution in [0, 0.1) is 5.92 Å². The number of carbonyl (C=O) groups excluding carboxylic acids is 6. The van der Waals surface area contributed by atoms with Crippen molar-refractivity contribution >= 4 is 89.3 Å². The summed E-state index contributed by atoms with van der Waals surface area (Å²) in [6, 6.07) is 91.7. The number of ketones is 1. The molecule has 20 rings (SSSR count). The Morgan fingerprint density at radius 3 is 0.699 bits per heavy atom. The van der Waals surface area contributed by atoms with Crippen LogP contribution in [0.5, 0.6) is 0 Å². The van der Waals surface area contributed by atoms with E-state index in [1.54, 1.807) is 21.6 Å². The van der Waals surface area contributed by atoms with E-state index in [2.05, 4.69) is 372 Å². The first-order valence-corrected chi connectivity index (χ1v) is 49.7. The van der Waals surface area contributed by atoms with Crippen molar-refractivity contribution in [3.05, 3.63) is 287 Å². The molecule has 4 amide bonds. The van der Waals surface area contributed by atoms with E-state index in [4.69, 9.17) is 7.76 Å². The Morgan fingerprint density at radius 2 is 0.514 bits per heavy atom. The average molecular weight is 2280 g/mol. The number of amides is 4. The molecule has 0 aromatic heterocycles. The summed E-state index contributed by atoms with van der Waals surface area (Å²) in [5, 5.41) is 9.97. The van der Waals surface area contributed by atoms with Crippen LogP contribution in [0.3, 0.4) is 0 Å². The Balaban J connectivity index is 0.00000169. The monoisotopic (exact) mass is 2280 g/mol. The number of rotatable bonds is 20. The van der Waals surface area contributed by atoms with Crippen LogP contribution in [-0.4, -0.2) is 443 Å². The zero-order valence-electron chi connectivity index (χ0n) is 87.3. The van der Waals surface area contributed by atoms with Gasteiger partial charge in [0.15, 0.2) is 0 Å². The van der Waals surface area contributed by atoms with Crippen molar-refractivity contribution < 1.29 is 164 Å². The molecule has 24 nitrogen and oxygen atoms in total. The maximum absolute atomic E-state index is 11.0. The molecule has 0 aliphatic carbocycles. The molecular formula is C111H166B7N18O6Y4-4. The van der Waals surface area contributed by atoms with Gasteiger partial charge >= 0.3 is 0 Å². The predicted octanol–water partition coefficient (Wildman–Crippen LogP) is 9.08. The van der Waals surface area contributed by atoms with Crippen molar-refractivity contribution in [3.8, 4) is 0 Å². The molecule has 12 aliphatic rings. The van der Waals surface area contributed by atoms with Crippen molar-refractivity contribution in [1.82, 2.24) is 89.4 Å². The van der Waals surface area contributed by atoms with Gasteiger partial charge in [0.25, 0.3) is 0 Å². The molecule has 146 heavy (non-hydrogen) atoms. The van der Waals surface area contributed by atoms with Gasteiger partial charge < -0.3 is 69.3 Å². The molecule has 12 aliphatic heterocycles. The van der Waals surface area contributed by atoms with E-state index in [0.717, 1.165) is 175 Å². The largest absolute Gasteiger partial charge is 0.542 e. The van der Waals surface area contributed by atoms with E-state index in [-0.39, 0.29) is 174 Å². The number of nitrogens with zero attached hydrogens (tertiary/aromatic N) is 15. The Hall–Kier alpha value is -4.71. The molecule has 8 aromatic carbocycles. The fourth-order valence-corrected chi connectivity index (χ4v) is 19.3. The number of hydrogen-bond acceptors (Lipinski definition) is 20. The topological polar surface area (TPSA) is 187 Å². The number of benzene rings is 8. The minimum absolute atomic E-state index is 0. The van der Waals surface area contributed by atoms with Crippen molar-refractivity contribution in [3.63, 3.8) is 0 Å². The number of likely N-dealkylation sites (N-methyl/N-ethyl adjacent to an activating group) is 2. The third-order valence-electron chi connectivity index (χ3n) is 27.2. The van der Waals surface area contributed by atoms with Crippen LogP contribution in [0.25, 0.3) is 0 Å². The molecule has 0 atom stereocenters. The summed E-state index contributed by atoms with van der Waals surface area (Å²) < 4.78 is 10.0. The minimum atomic E-state index is -0.667. The van der Waals surface area contributed by atoms with Gasteiger partial charge in [0, 0.05) is 460 Å². The molecule has 0 unspecified atom stereocenters. The van der Waals surface area contributed by atoms with E-state index >= 15 is 0 Å². The first-order valence-electron chi connectivity index (χ1n) is 50.7. The second-order valence-corrected chi connectivity index (χ2v) is 37.6. The zero-order chi connectivity index (χ0) is 100. The van der Waals surface area contributed by atoms with Gasteiger partial charge in [-0.15, -0.1) is 0 Å². The summed E-state index contributed by atoms with van der Waals surface area (Å²) in [4.78, 5) is 95.4. The number of Topliss-reactive ketones (excluding diaryl/α,β-unsaturated/α-hetero) is 1. The van der Waals surface area contributed by atoms with Crippen molar-refractivity contribution in [1.29, 1.82) is 0 Å². The van der Waals surface area contributed by atoms with Crippen LogP contribution in [0.2, 0.25) is 0 Å². The fraction of sp³-hybridized carbons (Fsp3) is 0.514.